The molecule has 1 saturated heterocycles. The van der Waals surface area contributed by atoms with E-state index >= 15 is 0 Å². The zero-order valence-electron chi connectivity index (χ0n) is 10.5. The third-order valence-corrected chi connectivity index (χ3v) is 4.49. The van der Waals surface area contributed by atoms with E-state index in [0.29, 0.717) is 24.7 Å². The molecule has 2 aliphatic rings. The molecule has 5 heteroatoms. The largest absolute Gasteiger partial charge is 0.409 e. The molecule has 17 heavy (non-hydrogen) atoms. The lowest BCUT2D eigenvalue weighted by Crippen LogP contribution is -2.54. The van der Waals surface area contributed by atoms with Crippen molar-refractivity contribution in [3.05, 3.63) is 0 Å². The van der Waals surface area contributed by atoms with Gasteiger partial charge in [-0.2, -0.15) is 0 Å². The van der Waals surface area contributed by atoms with E-state index in [4.69, 9.17) is 10.9 Å². The highest BCUT2D eigenvalue weighted by Crippen LogP contribution is 2.43. The number of oxime groups is 1. The van der Waals surface area contributed by atoms with E-state index in [0.717, 1.165) is 19.5 Å². The van der Waals surface area contributed by atoms with Crippen molar-refractivity contribution in [1.29, 1.82) is 0 Å². The van der Waals surface area contributed by atoms with Crippen LogP contribution in [0.3, 0.4) is 0 Å². The maximum absolute atomic E-state index is 12.5. The average Bonchev–Trinajstić information content (AvgIpc) is 2.57. The number of carbonyl (C=O) groups is 1. The van der Waals surface area contributed by atoms with Gasteiger partial charge in [-0.25, -0.2) is 0 Å². The van der Waals surface area contributed by atoms with E-state index in [9.17, 15) is 4.79 Å². The van der Waals surface area contributed by atoms with Crippen LogP contribution in [0.5, 0.6) is 0 Å². The Morgan fingerprint density at radius 1 is 1.35 bits per heavy atom. The maximum Gasteiger partial charge on any atom is 0.236 e. The van der Waals surface area contributed by atoms with Crippen molar-refractivity contribution in [2.75, 3.05) is 13.1 Å². The third kappa shape index (κ3) is 1.77. The van der Waals surface area contributed by atoms with Crippen LogP contribution in [-0.2, 0) is 4.79 Å². The molecule has 1 heterocycles. The van der Waals surface area contributed by atoms with Crippen molar-refractivity contribution in [2.45, 2.75) is 33.1 Å². The molecule has 0 bridgehead atoms. The van der Waals surface area contributed by atoms with Gasteiger partial charge in [0, 0.05) is 13.1 Å². The van der Waals surface area contributed by atoms with Crippen LogP contribution in [0.25, 0.3) is 0 Å². The van der Waals surface area contributed by atoms with Gasteiger partial charge in [0.25, 0.3) is 0 Å². The highest BCUT2D eigenvalue weighted by Gasteiger charge is 2.51. The summed E-state index contributed by atoms with van der Waals surface area (Å²) in [6, 6.07) is 0. The van der Waals surface area contributed by atoms with Gasteiger partial charge in [-0.1, -0.05) is 25.4 Å². The zero-order valence-corrected chi connectivity index (χ0v) is 10.5. The SMILES string of the molecule is CC1CN(C(=O)C2(C(N)=NO)CCC2)CC1C. The normalized spacial score (nSPS) is 32.4. The first kappa shape index (κ1) is 12.2. The molecule has 1 saturated carbocycles. The van der Waals surface area contributed by atoms with Crippen molar-refractivity contribution in [3.8, 4) is 0 Å². The molecule has 2 fully saturated rings. The Hall–Kier alpha value is -1.26. The van der Waals surface area contributed by atoms with Gasteiger partial charge >= 0.3 is 0 Å². The van der Waals surface area contributed by atoms with Gasteiger partial charge in [-0.05, 0) is 24.7 Å². The zero-order chi connectivity index (χ0) is 12.6. The molecular weight excluding hydrogens is 218 g/mol. The molecule has 0 aromatic heterocycles. The lowest BCUT2D eigenvalue weighted by molar-refractivity contribution is -0.141. The predicted molar refractivity (Wildman–Crippen MR) is 64.6 cm³/mol. The van der Waals surface area contributed by atoms with Gasteiger partial charge in [0.05, 0.1) is 0 Å². The Kier molecular flexibility index (Phi) is 3.02. The van der Waals surface area contributed by atoms with Crippen LogP contribution in [0, 0.1) is 17.3 Å². The Balaban J connectivity index is 2.14. The van der Waals surface area contributed by atoms with Crippen molar-refractivity contribution < 1.29 is 10.0 Å². The van der Waals surface area contributed by atoms with Gasteiger partial charge < -0.3 is 15.8 Å². The van der Waals surface area contributed by atoms with Gasteiger partial charge in [0.15, 0.2) is 5.84 Å². The molecule has 1 aliphatic carbocycles. The molecule has 2 rings (SSSR count). The number of carbonyl (C=O) groups excluding carboxylic acids is 1. The monoisotopic (exact) mass is 239 g/mol. The molecule has 0 aromatic rings. The van der Waals surface area contributed by atoms with Crippen LogP contribution in [0.2, 0.25) is 0 Å². The van der Waals surface area contributed by atoms with Crippen LogP contribution >= 0.6 is 0 Å². The molecule has 1 aliphatic heterocycles. The maximum atomic E-state index is 12.5. The average molecular weight is 239 g/mol. The second-order valence-electron chi connectivity index (χ2n) is 5.59. The van der Waals surface area contributed by atoms with Crippen LogP contribution < -0.4 is 5.73 Å². The predicted octanol–water partition coefficient (Wildman–Crippen LogP) is 1.02. The second kappa shape index (κ2) is 4.20. The first-order valence-corrected chi connectivity index (χ1v) is 6.28. The Morgan fingerprint density at radius 3 is 2.24 bits per heavy atom. The first-order chi connectivity index (χ1) is 8.01. The molecule has 1 amide bonds. The van der Waals surface area contributed by atoms with E-state index < -0.39 is 5.41 Å². The summed E-state index contributed by atoms with van der Waals surface area (Å²) in [5.74, 6) is 1.20. The van der Waals surface area contributed by atoms with Crippen molar-refractivity contribution >= 4 is 11.7 Å². The first-order valence-electron chi connectivity index (χ1n) is 6.28. The van der Waals surface area contributed by atoms with Crippen LogP contribution in [0.15, 0.2) is 5.16 Å². The highest BCUT2D eigenvalue weighted by atomic mass is 16.4. The minimum absolute atomic E-state index is 0.0512. The minimum atomic E-state index is -0.710. The molecule has 2 atom stereocenters. The quantitative estimate of drug-likeness (QED) is 0.327. The topological polar surface area (TPSA) is 78.9 Å². The molecule has 0 radical (unpaired) electrons. The molecule has 3 N–H and O–H groups in total. The van der Waals surface area contributed by atoms with Crippen LogP contribution in [-0.4, -0.2) is 34.9 Å². The van der Waals surface area contributed by atoms with Crippen molar-refractivity contribution in [1.82, 2.24) is 4.90 Å². The van der Waals surface area contributed by atoms with Crippen molar-refractivity contribution in [3.63, 3.8) is 0 Å². The van der Waals surface area contributed by atoms with Gasteiger partial charge in [0.1, 0.15) is 5.41 Å². The van der Waals surface area contributed by atoms with E-state index in [-0.39, 0.29) is 11.7 Å². The molecule has 2 unspecified atom stereocenters. The lowest BCUT2D eigenvalue weighted by atomic mass is 9.67. The summed E-state index contributed by atoms with van der Waals surface area (Å²) in [5, 5.41) is 11.9. The second-order valence-corrected chi connectivity index (χ2v) is 5.59. The third-order valence-electron chi connectivity index (χ3n) is 4.49. The lowest BCUT2D eigenvalue weighted by Gasteiger charge is -2.41. The standard InChI is InChI=1S/C12H21N3O2/c1-8-6-15(7-9(8)2)11(16)12(4-3-5-12)10(13)14-17/h8-9,17H,3-7H2,1-2H3,(H2,13,14). The number of nitrogens with two attached hydrogens (primary N) is 1. The highest BCUT2D eigenvalue weighted by molar-refractivity contribution is 6.07. The van der Waals surface area contributed by atoms with Crippen LogP contribution in [0.1, 0.15) is 33.1 Å². The van der Waals surface area contributed by atoms with E-state index in [2.05, 4.69) is 19.0 Å². The molecule has 0 aromatic carbocycles. The smallest absolute Gasteiger partial charge is 0.236 e. The van der Waals surface area contributed by atoms with E-state index in [1.165, 1.54) is 0 Å². The fourth-order valence-electron chi connectivity index (χ4n) is 2.80. The molecule has 0 spiro atoms. The van der Waals surface area contributed by atoms with Crippen LogP contribution in [0.4, 0.5) is 0 Å². The molecule has 96 valence electrons. The van der Waals surface area contributed by atoms with E-state index in [1.807, 2.05) is 4.90 Å². The fourth-order valence-corrected chi connectivity index (χ4v) is 2.80. The summed E-state index contributed by atoms with van der Waals surface area (Å²) < 4.78 is 0. The minimum Gasteiger partial charge on any atom is -0.409 e. The summed E-state index contributed by atoms with van der Waals surface area (Å²) >= 11 is 0. The van der Waals surface area contributed by atoms with Gasteiger partial charge in [-0.3, -0.25) is 4.79 Å². The number of amides is 1. The number of rotatable bonds is 2. The molecular formula is C12H21N3O2. The number of amidine groups is 1. The molecule has 5 nitrogen and oxygen atoms in total. The Bertz CT molecular complexity index is 340. The van der Waals surface area contributed by atoms with Gasteiger partial charge in [0.2, 0.25) is 5.91 Å². The summed E-state index contributed by atoms with van der Waals surface area (Å²) in [5.41, 5.74) is 4.99. The van der Waals surface area contributed by atoms with Gasteiger partial charge in [-0.15, -0.1) is 0 Å². The Labute approximate surface area is 102 Å². The Morgan fingerprint density at radius 2 is 1.88 bits per heavy atom. The number of hydrogen-bond acceptors (Lipinski definition) is 3. The summed E-state index contributed by atoms with van der Waals surface area (Å²) in [4.78, 5) is 14.4. The summed E-state index contributed by atoms with van der Waals surface area (Å²) in [6.45, 7) is 5.91. The number of hydrogen-bond donors (Lipinski definition) is 2. The summed E-state index contributed by atoms with van der Waals surface area (Å²) in [6.07, 6.45) is 2.39. The number of nitrogens with zero attached hydrogens (tertiary/aromatic N) is 2. The summed E-state index contributed by atoms with van der Waals surface area (Å²) in [7, 11) is 0. The number of likely N-dealkylation sites (tertiary alicyclic amines) is 1. The fraction of sp³-hybridized carbons (Fsp3) is 0.833. The van der Waals surface area contributed by atoms with Crippen molar-refractivity contribution in [2.24, 2.45) is 28.1 Å². The van der Waals surface area contributed by atoms with E-state index in [1.54, 1.807) is 0 Å².